The van der Waals surface area contributed by atoms with Crippen LogP contribution in [0.3, 0.4) is 0 Å². The van der Waals surface area contributed by atoms with E-state index in [0.717, 1.165) is 5.69 Å². The number of amides is 1. The van der Waals surface area contributed by atoms with Gasteiger partial charge in [0.1, 0.15) is 22.1 Å². The van der Waals surface area contributed by atoms with Crippen LogP contribution in [-0.4, -0.2) is 65.7 Å². The number of H-pyrrole nitrogens is 1. The molecule has 3 aromatic rings. The topological polar surface area (TPSA) is 158 Å². The maximum Gasteiger partial charge on any atom is 0.231 e. The molecule has 1 aromatic heterocycles. The van der Waals surface area contributed by atoms with Crippen LogP contribution in [0.15, 0.2) is 48.1 Å². The monoisotopic (exact) mass is 623 g/mol. The number of halogens is 1. The number of fused-ring (bicyclic) bond motifs is 2. The van der Waals surface area contributed by atoms with Gasteiger partial charge in [-0.25, -0.2) is 4.98 Å². The summed E-state index contributed by atoms with van der Waals surface area (Å²) in [6.45, 7) is 1.98. The van der Waals surface area contributed by atoms with Gasteiger partial charge >= 0.3 is 0 Å². The molecular weight excluding hydrogens is 594 g/mol. The van der Waals surface area contributed by atoms with Gasteiger partial charge in [0.05, 0.1) is 20.5 Å². The summed E-state index contributed by atoms with van der Waals surface area (Å²) in [7, 11) is 2.80. The van der Waals surface area contributed by atoms with Gasteiger partial charge in [-0.1, -0.05) is 24.6 Å². The summed E-state index contributed by atoms with van der Waals surface area (Å²) in [6.07, 6.45) is 3.38. The van der Waals surface area contributed by atoms with E-state index in [9.17, 15) is 19.5 Å². The number of allylic oxidation sites excluding steroid dienone is 1. The molecule has 6 rings (SSSR count). The molecule has 44 heavy (non-hydrogen) atoms. The number of carbonyl (C=O) groups is 3. The zero-order chi connectivity index (χ0) is 31.2. The second kappa shape index (κ2) is 11.4. The lowest BCUT2D eigenvalue weighted by Gasteiger charge is -2.38. The molecule has 1 unspecified atom stereocenters. The molecule has 2 aromatic carbocycles. The van der Waals surface area contributed by atoms with Gasteiger partial charge in [-0.3, -0.25) is 14.4 Å². The highest BCUT2D eigenvalue weighted by Crippen LogP contribution is 2.56. The quantitative estimate of drug-likeness (QED) is 0.317. The standard InChI is InChI=1S/C31H30ClN3O9/c1-15-8-19(36)25(29(38)31(15)30(39)26-22(40-2)11-23(41-3)27(32)28(26)44-31)18(16-4-5-20-21(9-16)43-14-42-20)10-24(37)34-7-6-17-12-33-13-35-17/h4-5,9,11-13,15,18,38H,6-8,10,14H2,1-3H3,(H,33,35)(H,34,37)/t15-,18?,31+/m1/s1. The van der Waals surface area contributed by atoms with Crippen LogP contribution in [0.4, 0.5) is 0 Å². The summed E-state index contributed by atoms with van der Waals surface area (Å²) < 4.78 is 28.1. The predicted octanol–water partition coefficient (Wildman–Crippen LogP) is 4.08. The molecule has 3 N–H and O–H groups in total. The van der Waals surface area contributed by atoms with Crippen molar-refractivity contribution in [3.63, 3.8) is 0 Å². The molecule has 3 aliphatic rings. The minimum Gasteiger partial charge on any atom is -0.507 e. The van der Waals surface area contributed by atoms with E-state index >= 15 is 0 Å². The smallest absolute Gasteiger partial charge is 0.231 e. The Kier molecular flexibility index (Phi) is 7.62. The molecule has 2 aliphatic heterocycles. The maximum atomic E-state index is 14.2. The van der Waals surface area contributed by atoms with Crippen molar-refractivity contribution in [3.05, 3.63) is 70.0 Å². The number of aromatic amines is 1. The second-order valence-electron chi connectivity index (χ2n) is 10.8. The third kappa shape index (κ3) is 4.69. The molecule has 13 heteroatoms. The highest BCUT2D eigenvalue weighted by Gasteiger charge is 2.61. The van der Waals surface area contributed by atoms with Crippen molar-refractivity contribution in [3.8, 4) is 28.7 Å². The Labute approximate surface area is 257 Å². The molecule has 0 saturated heterocycles. The molecule has 1 aliphatic carbocycles. The Morgan fingerprint density at radius 2 is 1.98 bits per heavy atom. The van der Waals surface area contributed by atoms with Gasteiger partial charge < -0.3 is 39.1 Å². The number of aromatic nitrogens is 2. The number of aliphatic hydroxyl groups is 1. The fourth-order valence-electron chi connectivity index (χ4n) is 6.07. The van der Waals surface area contributed by atoms with Crippen LogP contribution in [0.25, 0.3) is 0 Å². The van der Waals surface area contributed by atoms with Crippen LogP contribution in [0.5, 0.6) is 28.7 Å². The molecule has 0 radical (unpaired) electrons. The van der Waals surface area contributed by atoms with Crippen molar-refractivity contribution < 1.29 is 43.2 Å². The van der Waals surface area contributed by atoms with Gasteiger partial charge in [-0.05, 0) is 17.7 Å². The van der Waals surface area contributed by atoms with Gasteiger partial charge in [0, 0.05) is 61.2 Å². The van der Waals surface area contributed by atoms with Gasteiger partial charge in [-0.2, -0.15) is 0 Å². The molecule has 0 saturated carbocycles. The van der Waals surface area contributed by atoms with E-state index < -0.39 is 34.8 Å². The minimum absolute atomic E-state index is 0.0175. The first-order valence-corrected chi connectivity index (χ1v) is 14.4. The first-order chi connectivity index (χ1) is 21.2. The fraction of sp³-hybridized carbons (Fsp3) is 0.355. The molecule has 3 heterocycles. The zero-order valence-corrected chi connectivity index (χ0v) is 24.9. The first kappa shape index (κ1) is 29.4. The van der Waals surface area contributed by atoms with Crippen LogP contribution >= 0.6 is 11.6 Å². The number of aliphatic hydroxyl groups excluding tert-OH is 1. The minimum atomic E-state index is -1.99. The van der Waals surface area contributed by atoms with Crippen LogP contribution in [0, 0.1) is 5.92 Å². The van der Waals surface area contributed by atoms with E-state index in [2.05, 4.69) is 15.3 Å². The summed E-state index contributed by atoms with van der Waals surface area (Å²) in [5.74, 6) is -2.45. The maximum absolute atomic E-state index is 14.2. The van der Waals surface area contributed by atoms with Crippen molar-refractivity contribution >= 4 is 29.1 Å². The van der Waals surface area contributed by atoms with Crippen molar-refractivity contribution in [2.45, 2.75) is 37.7 Å². The molecule has 230 valence electrons. The molecule has 0 bridgehead atoms. The Hall–Kier alpha value is -4.71. The molecule has 3 atom stereocenters. The van der Waals surface area contributed by atoms with Crippen LogP contribution in [0.1, 0.15) is 47.3 Å². The number of nitrogens with zero attached hydrogens (tertiary/aromatic N) is 1. The van der Waals surface area contributed by atoms with E-state index in [1.54, 1.807) is 37.6 Å². The Balaban J connectivity index is 1.43. The molecular formula is C31H30ClN3O9. The Bertz CT molecular complexity index is 1690. The lowest BCUT2D eigenvalue weighted by Crippen LogP contribution is -2.53. The number of rotatable bonds is 9. The molecule has 12 nitrogen and oxygen atoms in total. The van der Waals surface area contributed by atoms with Gasteiger partial charge in [0.2, 0.25) is 24.1 Å². The number of imidazole rings is 1. The number of ether oxygens (including phenoxy) is 5. The van der Waals surface area contributed by atoms with E-state index in [1.165, 1.54) is 20.3 Å². The number of carbonyl (C=O) groups excluding carboxylic acids is 3. The third-order valence-corrected chi connectivity index (χ3v) is 8.68. The van der Waals surface area contributed by atoms with Crippen LogP contribution in [-0.2, 0) is 16.0 Å². The number of methoxy groups -OCH3 is 2. The molecule has 1 amide bonds. The van der Waals surface area contributed by atoms with Gasteiger partial charge in [-0.15, -0.1) is 0 Å². The Morgan fingerprint density at radius 1 is 1.20 bits per heavy atom. The average molecular weight is 624 g/mol. The summed E-state index contributed by atoms with van der Waals surface area (Å²) in [6, 6.07) is 6.50. The number of hydrogen-bond acceptors (Lipinski definition) is 10. The van der Waals surface area contributed by atoms with Crippen molar-refractivity contribution in [2.24, 2.45) is 5.92 Å². The van der Waals surface area contributed by atoms with Crippen LogP contribution < -0.4 is 29.0 Å². The van der Waals surface area contributed by atoms with Gasteiger partial charge in [0.25, 0.3) is 0 Å². The summed E-state index contributed by atoms with van der Waals surface area (Å²) in [4.78, 5) is 48.3. The lowest BCUT2D eigenvalue weighted by molar-refractivity contribution is -0.121. The number of ketones is 2. The highest BCUT2D eigenvalue weighted by atomic mass is 35.5. The molecule has 0 fully saturated rings. The summed E-state index contributed by atoms with van der Waals surface area (Å²) in [5.41, 5.74) is -0.701. The normalized spacial score (nSPS) is 20.9. The SMILES string of the molecule is COc1cc(OC)c2c(c1Cl)O[C@]1(C2=O)C(O)=C(C(CC(=O)NCCc2cnc[nH]2)c2ccc3c(c2)OCO3)C(=O)C[C@H]1C. The fourth-order valence-corrected chi connectivity index (χ4v) is 6.34. The molecule has 1 spiro atoms. The van der Waals surface area contributed by atoms with E-state index in [4.69, 9.17) is 35.3 Å². The van der Waals surface area contributed by atoms with E-state index in [1.807, 2.05) is 0 Å². The largest absolute Gasteiger partial charge is 0.507 e. The van der Waals surface area contributed by atoms with Crippen LogP contribution in [0.2, 0.25) is 5.02 Å². The number of hydrogen-bond donors (Lipinski definition) is 3. The summed E-state index contributed by atoms with van der Waals surface area (Å²) in [5, 5.41) is 14.9. The number of nitrogens with one attached hydrogen (secondary N) is 2. The zero-order valence-electron chi connectivity index (χ0n) is 24.2. The van der Waals surface area contributed by atoms with Crippen molar-refractivity contribution in [1.82, 2.24) is 15.3 Å². The van der Waals surface area contributed by atoms with E-state index in [-0.39, 0.29) is 58.9 Å². The number of Topliss-reactive ketones (excluding diaryl/α,β-unsaturated/α-hetero) is 2. The van der Waals surface area contributed by atoms with E-state index in [0.29, 0.717) is 30.0 Å². The van der Waals surface area contributed by atoms with Gasteiger partial charge in [0.15, 0.2) is 28.8 Å². The Morgan fingerprint density at radius 3 is 2.70 bits per heavy atom. The highest BCUT2D eigenvalue weighted by molar-refractivity contribution is 6.35. The first-order valence-electron chi connectivity index (χ1n) is 14.0. The van der Waals surface area contributed by atoms with Crippen molar-refractivity contribution in [1.29, 1.82) is 0 Å². The number of benzene rings is 2. The third-order valence-electron chi connectivity index (χ3n) is 8.32. The lowest BCUT2D eigenvalue weighted by atomic mass is 9.69. The summed E-state index contributed by atoms with van der Waals surface area (Å²) >= 11 is 6.57. The second-order valence-corrected chi connectivity index (χ2v) is 11.2. The predicted molar refractivity (Wildman–Crippen MR) is 156 cm³/mol. The average Bonchev–Trinajstić information content (AvgIpc) is 3.76. The van der Waals surface area contributed by atoms with Crippen molar-refractivity contribution in [2.75, 3.05) is 27.6 Å².